The minimum Gasteiger partial charge on any atom is -0.493 e. The van der Waals surface area contributed by atoms with Crippen LogP contribution in [0.2, 0.25) is 0 Å². The van der Waals surface area contributed by atoms with Gasteiger partial charge in [0.2, 0.25) is 0 Å². The molecule has 0 spiro atoms. The van der Waals surface area contributed by atoms with Gasteiger partial charge in [0, 0.05) is 6.07 Å². The number of benzene rings is 1. The summed E-state index contributed by atoms with van der Waals surface area (Å²) < 4.78 is 13.4. The summed E-state index contributed by atoms with van der Waals surface area (Å²) in [6, 6.07) is 5.33. The molecule has 2 aromatic heterocycles. The van der Waals surface area contributed by atoms with Gasteiger partial charge in [0.05, 0.1) is 26.1 Å². The second-order valence-corrected chi connectivity index (χ2v) is 4.81. The number of hydrogen-bond donors (Lipinski definition) is 0. The molecule has 10 heteroatoms. The Labute approximate surface area is 136 Å². The van der Waals surface area contributed by atoms with Gasteiger partial charge in [-0.3, -0.25) is 0 Å². The molecule has 0 saturated carbocycles. The van der Waals surface area contributed by atoms with Gasteiger partial charge in [0.15, 0.2) is 11.5 Å². The number of nitrogens with zero attached hydrogens (tertiary/aromatic N) is 6. The summed E-state index contributed by atoms with van der Waals surface area (Å²) in [7, 11) is 3.11. The Morgan fingerprint density at radius 1 is 1.25 bits per heavy atom. The Kier molecular flexibility index (Phi) is 4.10. The highest BCUT2D eigenvalue weighted by atomic mass is 16.6. The van der Waals surface area contributed by atoms with Crippen molar-refractivity contribution in [3.8, 4) is 17.2 Å². The average Bonchev–Trinajstić information content (AvgIpc) is 3.24. The number of imidazole rings is 1. The molecule has 3 aromatic rings. The molecule has 0 aliphatic carbocycles. The molecule has 0 unspecified atom stereocenters. The van der Waals surface area contributed by atoms with Crippen LogP contribution < -0.4 is 9.47 Å². The molecule has 1 aromatic carbocycles. The van der Waals surface area contributed by atoms with Crippen LogP contribution in [0.1, 0.15) is 5.69 Å². The molecule has 0 aliphatic heterocycles. The highest BCUT2D eigenvalue weighted by Crippen LogP contribution is 2.28. The lowest BCUT2D eigenvalue weighted by molar-refractivity contribution is -0.396. The maximum atomic E-state index is 10.9. The van der Waals surface area contributed by atoms with Gasteiger partial charge >= 0.3 is 5.95 Å². The highest BCUT2D eigenvalue weighted by molar-refractivity contribution is 5.48. The second-order valence-electron chi connectivity index (χ2n) is 4.81. The van der Waals surface area contributed by atoms with Crippen molar-refractivity contribution in [1.29, 1.82) is 0 Å². The summed E-state index contributed by atoms with van der Waals surface area (Å²) in [6.45, 7) is 0.198. The third-order valence-corrected chi connectivity index (χ3v) is 3.36. The van der Waals surface area contributed by atoms with Gasteiger partial charge in [-0.05, 0) is 17.1 Å². The van der Waals surface area contributed by atoms with Crippen LogP contribution in [0.5, 0.6) is 11.5 Å². The summed E-state index contributed by atoms with van der Waals surface area (Å²) in [5.74, 6) is 0.934. The van der Waals surface area contributed by atoms with Crippen LogP contribution in [0.4, 0.5) is 5.95 Å². The van der Waals surface area contributed by atoms with E-state index >= 15 is 0 Å². The summed E-state index contributed by atoms with van der Waals surface area (Å²) in [4.78, 5) is 14.0. The summed E-state index contributed by atoms with van der Waals surface area (Å²) in [5, 5.41) is 19.0. The van der Waals surface area contributed by atoms with E-state index in [1.807, 2.05) is 0 Å². The molecule has 2 heterocycles. The number of hydrogen-bond acceptors (Lipinski definition) is 7. The Bertz CT molecular complexity index is 872. The predicted molar refractivity (Wildman–Crippen MR) is 82.4 cm³/mol. The Morgan fingerprint density at radius 3 is 2.75 bits per heavy atom. The fraction of sp³-hybridized carbons (Fsp3) is 0.214. The van der Waals surface area contributed by atoms with Crippen molar-refractivity contribution in [2.24, 2.45) is 0 Å². The van der Waals surface area contributed by atoms with Crippen molar-refractivity contribution in [2.75, 3.05) is 14.2 Å². The van der Waals surface area contributed by atoms with Crippen LogP contribution in [0.3, 0.4) is 0 Å². The number of nitro groups is 1. The zero-order valence-corrected chi connectivity index (χ0v) is 13.0. The minimum atomic E-state index is -0.543. The quantitative estimate of drug-likeness (QED) is 0.496. The van der Waals surface area contributed by atoms with Crippen LogP contribution in [0, 0.1) is 10.1 Å². The summed E-state index contributed by atoms with van der Waals surface area (Å²) in [6.07, 6.45) is 4.58. The summed E-state index contributed by atoms with van der Waals surface area (Å²) in [5.41, 5.74) is 1.29. The lowest BCUT2D eigenvalue weighted by Gasteiger charge is -2.08. The SMILES string of the molecule is COc1ccc(-n2cc(Cn3ccnc3[N+](=O)[O-])nn2)cc1OC. The summed E-state index contributed by atoms with van der Waals surface area (Å²) >= 11 is 0. The second kappa shape index (κ2) is 6.36. The van der Waals surface area contributed by atoms with Gasteiger partial charge < -0.3 is 19.6 Å². The number of methoxy groups -OCH3 is 2. The molecule has 124 valence electrons. The van der Waals surface area contributed by atoms with Crippen molar-refractivity contribution in [1.82, 2.24) is 24.5 Å². The van der Waals surface area contributed by atoms with Gasteiger partial charge in [-0.25, -0.2) is 9.25 Å². The first kappa shape index (κ1) is 15.5. The first-order valence-electron chi connectivity index (χ1n) is 6.91. The molecule has 0 atom stereocenters. The molecule has 24 heavy (non-hydrogen) atoms. The van der Waals surface area contributed by atoms with Crippen LogP contribution in [-0.4, -0.2) is 43.7 Å². The maximum Gasteiger partial charge on any atom is 0.434 e. The Hall–Kier alpha value is -3.43. The number of aromatic nitrogens is 5. The highest BCUT2D eigenvalue weighted by Gasteiger charge is 2.16. The molecule has 0 saturated heterocycles. The van der Waals surface area contributed by atoms with Crippen molar-refractivity contribution in [2.45, 2.75) is 6.54 Å². The van der Waals surface area contributed by atoms with Gasteiger partial charge in [-0.15, -0.1) is 5.10 Å². The van der Waals surface area contributed by atoms with Gasteiger partial charge in [-0.2, -0.15) is 0 Å². The van der Waals surface area contributed by atoms with Gasteiger partial charge in [-0.1, -0.05) is 10.2 Å². The van der Waals surface area contributed by atoms with Gasteiger partial charge in [0.1, 0.15) is 24.6 Å². The maximum absolute atomic E-state index is 10.9. The first-order chi connectivity index (χ1) is 11.6. The van der Waals surface area contributed by atoms with E-state index in [0.717, 1.165) is 5.69 Å². The largest absolute Gasteiger partial charge is 0.493 e. The first-order valence-corrected chi connectivity index (χ1v) is 6.91. The molecule has 0 radical (unpaired) electrons. The topological polar surface area (TPSA) is 110 Å². The predicted octanol–water partition coefficient (Wildman–Crippen LogP) is 1.44. The van der Waals surface area contributed by atoms with E-state index in [1.165, 1.54) is 17.0 Å². The molecule has 0 N–H and O–H groups in total. The van der Waals surface area contributed by atoms with E-state index in [1.54, 1.807) is 43.3 Å². The Morgan fingerprint density at radius 2 is 2.04 bits per heavy atom. The molecular formula is C14H14N6O4. The van der Waals surface area contributed by atoms with E-state index in [0.29, 0.717) is 17.2 Å². The van der Waals surface area contributed by atoms with Crippen LogP contribution in [0.15, 0.2) is 36.8 Å². The van der Waals surface area contributed by atoms with Crippen LogP contribution in [0.25, 0.3) is 5.69 Å². The number of ether oxygens (including phenoxy) is 2. The monoisotopic (exact) mass is 330 g/mol. The van der Waals surface area contributed by atoms with Crippen LogP contribution >= 0.6 is 0 Å². The fourth-order valence-electron chi connectivity index (χ4n) is 2.24. The smallest absolute Gasteiger partial charge is 0.434 e. The molecule has 10 nitrogen and oxygen atoms in total. The molecule has 0 bridgehead atoms. The molecule has 3 rings (SSSR count). The minimum absolute atomic E-state index is 0.198. The lowest BCUT2D eigenvalue weighted by Crippen LogP contribution is -2.04. The normalized spacial score (nSPS) is 10.6. The van der Waals surface area contributed by atoms with Crippen LogP contribution in [-0.2, 0) is 6.54 Å². The fourth-order valence-corrected chi connectivity index (χ4v) is 2.24. The number of rotatable bonds is 6. The van der Waals surface area contributed by atoms with E-state index in [-0.39, 0.29) is 12.5 Å². The molecular weight excluding hydrogens is 316 g/mol. The average molecular weight is 330 g/mol. The molecule has 0 aliphatic rings. The van der Waals surface area contributed by atoms with Crippen molar-refractivity contribution >= 4 is 5.95 Å². The zero-order chi connectivity index (χ0) is 17.1. The Balaban J connectivity index is 1.85. The van der Waals surface area contributed by atoms with Crippen molar-refractivity contribution < 1.29 is 14.4 Å². The third kappa shape index (κ3) is 2.89. The molecule has 0 fully saturated rings. The van der Waals surface area contributed by atoms with E-state index in [4.69, 9.17) is 9.47 Å². The standard InChI is InChI=1S/C14H14N6O4/c1-23-12-4-3-11(7-13(12)24-2)19-9-10(16-17-19)8-18-6-5-15-14(18)20(21)22/h3-7,9H,8H2,1-2H3. The lowest BCUT2D eigenvalue weighted by atomic mass is 10.3. The van der Waals surface area contributed by atoms with Crippen molar-refractivity contribution in [3.05, 3.63) is 52.6 Å². The van der Waals surface area contributed by atoms with E-state index in [9.17, 15) is 10.1 Å². The van der Waals surface area contributed by atoms with E-state index in [2.05, 4.69) is 15.3 Å². The zero-order valence-electron chi connectivity index (χ0n) is 13.0. The van der Waals surface area contributed by atoms with E-state index < -0.39 is 4.92 Å². The third-order valence-electron chi connectivity index (χ3n) is 3.36. The van der Waals surface area contributed by atoms with Crippen molar-refractivity contribution in [3.63, 3.8) is 0 Å². The molecule has 0 amide bonds. The van der Waals surface area contributed by atoms with Gasteiger partial charge in [0.25, 0.3) is 0 Å².